The van der Waals surface area contributed by atoms with Gasteiger partial charge in [-0.2, -0.15) is 0 Å². The van der Waals surface area contributed by atoms with Gasteiger partial charge in [0.05, 0.1) is 0 Å². The van der Waals surface area contributed by atoms with Crippen molar-refractivity contribution in [3.8, 4) is 0 Å². The normalized spacial score (nSPS) is 19.8. The van der Waals surface area contributed by atoms with E-state index in [1.165, 1.54) is 12.2 Å². The van der Waals surface area contributed by atoms with Gasteiger partial charge < -0.3 is 0 Å². The molecule has 0 atom stereocenters. The third kappa shape index (κ3) is 1.16. The lowest BCUT2D eigenvalue weighted by Crippen LogP contribution is -1.92. The summed E-state index contributed by atoms with van der Waals surface area (Å²) in [4.78, 5) is 18.8. The average molecular weight is 158 g/mol. The maximum atomic E-state index is 10.8. The number of carbonyl (C=O) groups excluding carboxylic acids is 1. The van der Waals surface area contributed by atoms with Crippen LogP contribution in [0.5, 0.6) is 0 Å². The summed E-state index contributed by atoms with van der Waals surface area (Å²) in [6.07, 6.45) is 9.70. The number of nitrogens with zero attached hydrogens (tertiary/aromatic N) is 2. The fourth-order valence-corrected chi connectivity index (χ4v) is 0.994. The van der Waals surface area contributed by atoms with Crippen LogP contribution in [0.1, 0.15) is 0 Å². The summed E-state index contributed by atoms with van der Waals surface area (Å²) in [7, 11) is 0. The van der Waals surface area contributed by atoms with Gasteiger partial charge in [-0.25, -0.2) is 9.98 Å². The first kappa shape index (κ1) is 6.91. The van der Waals surface area contributed by atoms with Gasteiger partial charge in [-0.15, -0.1) is 0 Å². The first-order chi connectivity index (χ1) is 5.86. The smallest absolute Gasteiger partial charge is 0.178 e. The minimum atomic E-state index is 0.00491. The highest BCUT2D eigenvalue weighted by Crippen LogP contribution is 2.15. The van der Waals surface area contributed by atoms with Crippen molar-refractivity contribution < 1.29 is 4.79 Å². The van der Waals surface area contributed by atoms with E-state index in [0.717, 1.165) is 5.57 Å². The fourth-order valence-electron chi connectivity index (χ4n) is 0.994. The number of ketones is 1. The SMILES string of the molecule is O=C1C=CC(=C2N=CC=N2)C=C1. The zero-order valence-corrected chi connectivity index (χ0v) is 6.27. The molecule has 0 N–H and O–H groups in total. The predicted octanol–water partition coefficient (Wildman–Crippen LogP) is 1.05. The maximum absolute atomic E-state index is 10.8. The molecule has 0 fully saturated rings. The summed E-state index contributed by atoms with van der Waals surface area (Å²) in [5.41, 5.74) is 0.875. The summed E-state index contributed by atoms with van der Waals surface area (Å²) in [5, 5.41) is 0. The Morgan fingerprint density at radius 1 is 0.917 bits per heavy atom. The molecule has 1 aliphatic heterocycles. The molecular formula is C9H6N2O. The minimum absolute atomic E-state index is 0.00491. The van der Waals surface area contributed by atoms with E-state index in [1.54, 1.807) is 24.6 Å². The van der Waals surface area contributed by atoms with E-state index >= 15 is 0 Å². The Bertz CT molecular complexity index is 338. The highest BCUT2D eigenvalue weighted by Gasteiger charge is 2.04. The van der Waals surface area contributed by atoms with E-state index in [1.807, 2.05) is 0 Å². The molecule has 1 aliphatic carbocycles. The van der Waals surface area contributed by atoms with Crippen LogP contribution < -0.4 is 0 Å². The lowest BCUT2D eigenvalue weighted by molar-refractivity contribution is -0.110. The molecule has 3 nitrogen and oxygen atoms in total. The Labute approximate surface area is 69.5 Å². The van der Waals surface area contributed by atoms with Gasteiger partial charge in [-0.3, -0.25) is 4.79 Å². The van der Waals surface area contributed by atoms with Gasteiger partial charge in [0.2, 0.25) is 0 Å². The first-order valence-electron chi connectivity index (χ1n) is 3.57. The van der Waals surface area contributed by atoms with E-state index < -0.39 is 0 Å². The molecule has 0 aromatic rings. The molecule has 0 aromatic carbocycles. The molecular weight excluding hydrogens is 152 g/mol. The van der Waals surface area contributed by atoms with Gasteiger partial charge >= 0.3 is 0 Å². The number of hydrogen-bond acceptors (Lipinski definition) is 3. The van der Waals surface area contributed by atoms with E-state index in [9.17, 15) is 4.79 Å². The number of hydrogen-bond donors (Lipinski definition) is 0. The second-order valence-electron chi connectivity index (χ2n) is 2.40. The van der Waals surface area contributed by atoms with Crippen LogP contribution in [0, 0.1) is 0 Å². The molecule has 2 aliphatic rings. The standard InChI is InChI=1S/C9H6N2O/c12-8-3-1-7(2-4-8)9-10-5-6-11-9/h1-6H. The number of rotatable bonds is 0. The van der Waals surface area contributed by atoms with Crippen LogP contribution in [-0.4, -0.2) is 18.2 Å². The molecule has 0 saturated heterocycles. The molecule has 0 unspecified atom stereocenters. The van der Waals surface area contributed by atoms with Crippen LogP contribution in [0.2, 0.25) is 0 Å². The van der Waals surface area contributed by atoms with Crippen molar-refractivity contribution in [3.05, 3.63) is 35.7 Å². The second-order valence-corrected chi connectivity index (χ2v) is 2.40. The lowest BCUT2D eigenvalue weighted by Gasteiger charge is -1.99. The highest BCUT2D eigenvalue weighted by molar-refractivity contribution is 6.18. The fraction of sp³-hybridized carbons (Fsp3) is 0. The monoisotopic (exact) mass is 158 g/mol. The molecule has 3 heteroatoms. The molecule has 0 amide bonds. The molecule has 1 heterocycles. The Hall–Kier alpha value is -1.77. The number of aliphatic imine (C=N–C) groups is 2. The van der Waals surface area contributed by atoms with Crippen LogP contribution in [0.15, 0.2) is 45.7 Å². The van der Waals surface area contributed by atoms with Crippen molar-refractivity contribution in [2.45, 2.75) is 0 Å². The van der Waals surface area contributed by atoms with Crippen molar-refractivity contribution in [1.82, 2.24) is 0 Å². The predicted molar refractivity (Wildman–Crippen MR) is 47.3 cm³/mol. The molecule has 0 saturated carbocycles. The number of carbonyl (C=O) groups is 1. The Morgan fingerprint density at radius 2 is 1.50 bits per heavy atom. The van der Waals surface area contributed by atoms with Crippen LogP contribution in [0.4, 0.5) is 0 Å². The molecule has 0 aromatic heterocycles. The van der Waals surface area contributed by atoms with Crippen LogP contribution in [0.3, 0.4) is 0 Å². The molecule has 2 rings (SSSR count). The van der Waals surface area contributed by atoms with Crippen molar-refractivity contribution in [2.24, 2.45) is 9.98 Å². The van der Waals surface area contributed by atoms with Crippen molar-refractivity contribution in [1.29, 1.82) is 0 Å². The second kappa shape index (κ2) is 2.70. The first-order valence-corrected chi connectivity index (χ1v) is 3.57. The summed E-state index contributed by atoms with van der Waals surface area (Å²) in [6.45, 7) is 0. The van der Waals surface area contributed by atoms with E-state index in [2.05, 4.69) is 9.98 Å². The summed E-state index contributed by atoms with van der Waals surface area (Å²) in [6, 6.07) is 0. The van der Waals surface area contributed by atoms with Gasteiger partial charge in [-0.1, -0.05) is 0 Å². The Balaban J connectivity index is 2.38. The Morgan fingerprint density at radius 3 is 2.08 bits per heavy atom. The molecule has 12 heavy (non-hydrogen) atoms. The van der Waals surface area contributed by atoms with Gasteiger partial charge in [0.15, 0.2) is 11.6 Å². The maximum Gasteiger partial charge on any atom is 0.178 e. The summed E-state index contributed by atoms with van der Waals surface area (Å²) >= 11 is 0. The van der Waals surface area contributed by atoms with Gasteiger partial charge in [0.25, 0.3) is 0 Å². The quantitative estimate of drug-likeness (QED) is 0.519. The van der Waals surface area contributed by atoms with Crippen LogP contribution in [-0.2, 0) is 4.79 Å². The van der Waals surface area contributed by atoms with E-state index in [-0.39, 0.29) is 5.78 Å². The van der Waals surface area contributed by atoms with Crippen molar-refractivity contribution >= 4 is 18.2 Å². The third-order valence-electron chi connectivity index (χ3n) is 1.57. The highest BCUT2D eigenvalue weighted by atomic mass is 16.1. The van der Waals surface area contributed by atoms with Crippen LogP contribution in [0.25, 0.3) is 0 Å². The molecule has 0 radical (unpaired) electrons. The minimum Gasteiger partial charge on any atom is -0.290 e. The third-order valence-corrected chi connectivity index (χ3v) is 1.57. The van der Waals surface area contributed by atoms with E-state index in [0.29, 0.717) is 5.82 Å². The topological polar surface area (TPSA) is 41.8 Å². The van der Waals surface area contributed by atoms with Gasteiger partial charge in [0.1, 0.15) is 0 Å². The largest absolute Gasteiger partial charge is 0.290 e. The molecule has 0 bridgehead atoms. The van der Waals surface area contributed by atoms with Gasteiger partial charge in [0, 0.05) is 18.0 Å². The summed E-state index contributed by atoms with van der Waals surface area (Å²) < 4.78 is 0. The zero-order chi connectivity index (χ0) is 8.39. The number of allylic oxidation sites excluding steroid dienone is 5. The van der Waals surface area contributed by atoms with Crippen molar-refractivity contribution in [2.75, 3.05) is 0 Å². The van der Waals surface area contributed by atoms with Crippen LogP contribution >= 0.6 is 0 Å². The van der Waals surface area contributed by atoms with Crippen molar-refractivity contribution in [3.63, 3.8) is 0 Å². The van der Waals surface area contributed by atoms with Gasteiger partial charge in [-0.05, 0) is 24.3 Å². The zero-order valence-electron chi connectivity index (χ0n) is 6.27. The molecule has 58 valence electrons. The molecule has 0 spiro atoms. The lowest BCUT2D eigenvalue weighted by atomic mass is 10.1. The Kier molecular flexibility index (Phi) is 1.55. The van der Waals surface area contributed by atoms with E-state index in [4.69, 9.17) is 0 Å². The average Bonchev–Trinajstić information content (AvgIpc) is 2.58. The summed E-state index contributed by atoms with van der Waals surface area (Å²) in [5.74, 6) is 0.667.